The molecule has 0 bridgehead atoms. The number of aliphatic hydroxyl groups is 1. The number of rotatable bonds is 6. The van der Waals surface area contributed by atoms with Gasteiger partial charge in [-0.2, -0.15) is 18.2 Å². The molecule has 140 valence electrons. The zero-order valence-corrected chi connectivity index (χ0v) is 14.7. The Morgan fingerprint density at radius 3 is 2.58 bits per heavy atom. The summed E-state index contributed by atoms with van der Waals surface area (Å²) in [7, 11) is 0. The van der Waals surface area contributed by atoms with Crippen LogP contribution in [0.2, 0.25) is 5.02 Å². The van der Waals surface area contributed by atoms with Crippen LogP contribution in [0, 0.1) is 0 Å². The number of nitrogens with one attached hydrogen (secondary N) is 2. The summed E-state index contributed by atoms with van der Waals surface area (Å²) in [5.74, 6) is 1.13. The first kappa shape index (κ1) is 18.7. The van der Waals surface area contributed by atoms with Crippen LogP contribution < -0.4 is 10.6 Å². The molecule has 0 aliphatic heterocycles. The Hall–Kier alpha value is -2.06. The van der Waals surface area contributed by atoms with E-state index in [1.165, 1.54) is 6.07 Å². The van der Waals surface area contributed by atoms with E-state index in [9.17, 15) is 18.3 Å². The predicted octanol–water partition coefficient (Wildman–Crippen LogP) is 4.56. The molecule has 9 heteroatoms. The summed E-state index contributed by atoms with van der Waals surface area (Å²) < 4.78 is 38.3. The third-order valence-corrected chi connectivity index (χ3v) is 4.26. The van der Waals surface area contributed by atoms with Crippen molar-refractivity contribution >= 4 is 29.1 Å². The highest BCUT2D eigenvalue weighted by molar-refractivity contribution is 6.33. The van der Waals surface area contributed by atoms with Crippen LogP contribution in [0.3, 0.4) is 0 Å². The molecule has 0 saturated heterocycles. The Kier molecular flexibility index (Phi) is 5.24. The molecule has 0 spiro atoms. The molecule has 3 N–H and O–H groups in total. The van der Waals surface area contributed by atoms with Crippen molar-refractivity contribution in [3.8, 4) is 0 Å². The number of alkyl halides is 3. The van der Waals surface area contributed by atoms with Gasteiger partial charge in [0, 0.05) is 18.0 Å². The van der Waals surface area contributed by atoms with Gasteiger partial charge in [0.15, 0.2) is 0 Å². The monoisotopic (exact) mass is 386 g/mol. The summed E-state index contributed by atoms with van der Waals surface area (Å²) in [4.78, 5) is 8.75. The largest absolute Gasteiger partial charge is 0.416 e. The maximum atomic E-state index is 12.8. The van der Waals surface area contributed by atoms with Gasteiger partial charge < -0.3 is 15.7 Å². The van der Waals surface area contributed by atoms with Crippen molar-refractivity contribution in [1.82, 2.24) is 9.97 Å². The van der Waals surface area contributed by atoms with E-state index < -0.39 is 11.7 Å². The van der Waals surface area contributed by atoms with Crippen molar-refractivity contribution in [3.63, 3.8) is 0 Å². The van der Waals surface area contributed by atoms with Crippen molar-refractivity contribution in [1.29, 1.82) is 0 Å². The smallest absolute Gasteiger partial charge is 0.394 e. The molecule has 1 aliphatic rings. The fourth-order valence-electron chi connectivity index (χ4n) is 2.38. The molecular formula is C17H18ClF3N4O. The van der Waals surface area contributed by atoms with E-state index in [4.69, 9.17) is 11.6 Å². The lowest BCUT2D eigenvalue weighted by molar-refractivity contribution is -0.137. The van der Waals surface area contributed by atoms with E-state index in [0.29, 0.717) is 23.4 Å². The van der Waals surface area contributed by atoms with Crippen LogP contribution in [0.4, 0.5) is 30.6 Å². The highest BCUT2D eigenvalue weighted by atomic mass is 35.5. The van der Waals surface area contributed by atoms with E-state index in [0.717, 1.165) is 30.7 Å². The third-order valence-electron chi connectivity index (χ3n) is 3.95. The lowest BCUT2D eigenvalue weighted by Crippen LogP contribution is -2.21. The van der Waals surface area contributed by atoms with E-state index in [1.54, 1.807) is 13.0 Å². The molecule has 5 nitrogen and oxygen atoms in total. The minimum atomic E-state index is -4.45. The molecule has 1 saturated carbocycles. The summed E-state index contributed by atoms with van der Waals surface area (Å²) in [6.45, 7) is 1.71. The molecule has 26 heavy (non-hydrogen) atoms. The fraction of sp³-hybridized carbons (Fsp3) is 0.412. The molecule has 1 atom stereocenters. The Morgan fingerprint density at radius 2 is 2.00 bits per heavy atom. The van der Waals surface area contributed by atoms with Crippen molar-refractivity contribution in [2.45, 2.75) is 37.9 Å². The molecule has 0 unspecified atom stereocenters. The van der Waals surface area contributed by atoms with Crippen molar-refractivity contribution < 1.29 is 18.3 Å². The Bertz CT molecular complexity index is 796. The van der Waals surface area contributed by atoms with Crippen LogP contribution >= 0.6 is 11.6 Å². The molecule has 1 heterocycles. The van der Waals surface area contributed by atoms with Gasteiger partial charge in [-0.1, -0.05) is 11.6 Å². The second kappa shape index (κ2) is 7.28. The van der Waals surface area contributed by atoms with Gasteiger partial charge in [-0.3, -0.25) is 0 Å². The van der Waals surface area contributed by atoms with Crippen LogP contribution in [0.25, 0.3) is 0 Å². The van der Waals surface area contributed by atoms with Crippen LogP contribution in [0.1, 0.15) is 36.9 Å². The molecule has 1 aromatic carbocycles. The van der Waals surface area contributed by atoms with Crippen LogP contribution in [-0.2, 0) is 6.18 Å². The Labute approximate surface area is 153 Å². The summed E-state index contributed by atoms with van der Waals surface area (Å²) in [5, 5.41) is 15.1. The number of nitrogens with zero attached hydrogens (tertiary/aromatic N) is 2. The summed E-state index contributed by atoms with van der Waals surface area (Å²) in [6, 6.07) is 4.64. The van der Waals surface area contributed by atoms with Crippen molar-refractivity contribution in [2.24, 2.45) is 0 Å². The van der Waals surface area contributed by atoms with Gasteiger partial charge in [-0.25, -0.2) is 4.98 Å². The van der Waals surface area contributed by atoms with E-state index in [1.807, 2.05) is 0 Å². The average molecular weight is 387 g/mol. The molecule has 2 aromatic rings. The molecule has 1 fully saturated rings. The van der Waals surface area contributed by atoms with E-state index in [-0.39, 0.29) is 17.7 Å². The molecule has 1 aliphatic carbocycles. The SMILES string of the molecule is C[C@H](CO)Nc1nc(Nc2ccc(C(F)(F)F)cc2Cl)cc(C2CC2)n1. The van der Waals surface area contributed by atoms with Gasteiger partial charge in [-0.05, 0) is 38.0 Å². The number of benzene rings is 1. The number of hydrogen-bond donors (Lipinski definition) is 3. The average Bonchev–Trinajstić information content (AvgIpc) is 3.40. The Morgan fingerprint density at radius 1 is 1.27 bits per heavy atom. The molecule has 1 aromatic heterocycles. The summed E-state index contributed by atoms with van der Waals surface area (Å²) in [5.41, 5.74) is 0.355. The number of hydrogen-bond acceptors (Lipinski definition) is 5. The minimum absolute atomic E-state index is 0.0513. The zero-order chi connectivity index (χ0) is 18.9. The van der Waals surface area contributed by atoms with Crippen molar-refractivity contribution in [2.75, 3.05) is 17.2 Å². The van der Waals surface area contributed by atoms with Crippen LogP contribution in [-0.4, -0.2) is 27.7 Å². The van der Waals surface area contributed by atoms with Gasteiger partial charge in [0.1, 0.15) is 5.82 Å². The van der Waals surface area contributed by atoms with E-state index >= 15 is 0 Å². The standard InChI is InChI=1S/C17H18ClF3N4O/c1-9(8-26)22-16-24-14(10-2-3-10)7-15(25-16)23-13-5-4-11(6-12(13)18)17(19,20)21/h4-7,9-10,26H,2-3,8H2,1H3,(H2,22,23,24,25)/t9-/m1/s1. The van der Waals surface area contributed by atoms with Crippen LogP contribution in [0.5, 0.6) is 0 Å². The maximum Gasteiger partial charge on any atom is 0.416 e. The molecular weight excluding hydrogens is 369 g/mol. The van der Waals surface area contributed by atoms with Gasteiger partial charge in [0.2, 0.25) is 5.95 Å². The summed E-state index contributed by atoms with van der Waals surface area (Å²) >= 11 is 5.99. The molecule has 0 amide bonds. The van der Waals surface area contributed by atoms with Gasteiger partial charge in [0.25, 0.3) is 0 Å². The lowest BCUT2D eigenvalue weighted by Gasteiger charge is -2.15. The summed E-state index contributed by atoms with van der Waals surface area (Å²) in [6.07, 6.45) is -2.38. The predicted molar refractivity (Wildman–Crippen MR) is 93.9 cm³/mol. The first-order valence-corrected chi connectivity index (χ1v) is 8.54. The van der Waals surface area contributed by atoms with E-state index in [2.05, 4.69) is 20.6 Å². The number of anilines is 3. The topological polar surface area (TPSA) is 70.1 Å². The second-order valence-corrected chi connectivity index (χ2v) is 6.73. The van der Waals surface area contributed by atoms with Gasteiger partial charge in [-0.15, -0.1) is 0 Å². The number of aromatic nitrogens is 2. The minimum Gasteiger partial charge on any atom is -0.394 e. The lowest BCUT2D eigenvalue weighted by atomic mass is 10.2. The number of aliphatic hydroxyl groups excluding tert-OH is 1. The molecule has 0 radical (unpaired) electrons. The van der Waals surface area contributed by atoms with Gasteiger partial charge >= 0.3 is 6.18 Å². The number of halogens is 4. The van der Waals surface area contributed by atoms with Gasteiger partial charge in [0.05, 0.1) is 28.6 Å². The normalized spacial score (nSPS) is 15.6. The highest BCUT2D eigenvalue weighted by Crippen LogP contribution is 2.40. The zero-order valence-electron chi connectivity index (χ0n) is 13.9. The van der Waals surface area contributed by atoms with Crippen LogP contribution in [0.15, 0.2) is 24.3 Å². The highest BCUT2D eigenvalue weighted by Gasteiger charge is 2.31. The molecule has 3 rings (SSSR count). The second-order valence-electron chi connectivity index (χ2n) is 6.32. The third kappa shape index (κ3) is 4.56. The quantitative estimate of drug-likeness (QED) is 0.678. The first-order chi connectivity index (χ1) is 12.3. The van der Waals surface area contributed by atoms with Crippen molar-refractivity contribution in [3.05, 3.63) is 40.5 Å². The fourth-order valence-corrected chi connectivity index (χ4v) is 2.61. The maximum absolute atomic E-state index is 12.8. The first-order valence-electron chi connectivity index (χ1n) is 8.16. The Balaban J connectivity index is 1.87.